The van der Waals surface area contributed by atoms with Gasteiger partial charge in [-0.1, -0.05) is 35.0 Å². The second-order valence-corrected chi connectivity index (χ2v) is 10.8. The molecule has 11 heteroatoms. The number of hydrogen-bond acceptors (Lipinski definition) is 4. The van der Waals surface area contributed by atoms with E-state index in [1.54, 1.807) is 31.2 Å². The molecule has 0 aliphatic carbocycles. The number of nitrogens with one attached hydrogen (secondary N) is 1. The van der Waals surface area contributed by atoms with Crippen molar-refractivity contribution in [3.8, 4) is 0 Å². The monoisotopic (exact) mass is 559 g/mol. The number of amides is 2. The summed E-state index contributed by atoms with van der Waals surface area (Å²) in [5.74, 6) is -3.45. The molecule has 0 heterocycles. The van der Waals surface area contributed by atoms with Crippen molar-refractivity contribution in [1.82, 2.24) is 10.2 Å². The van der Waals surface area contributed by atoms with Gasteiger partial charge in [0.2, 0.25) is 21.8 Å². The SMILES string of the molecule is CC[C@H](C)NC(=O)[C@@H](C)N(Cc1ccc(Br)cc1)C(=O)CN(c1ccc(F)c(F)c1)S(C)(=O)=O. The first-order chi connectivity index (χ1) is 15.8. The third kappa shape index (κ3) is 7.49. The lowest BCUT2D eigenvalue weighted by Crippen LogP contribution is -2.52. The predicted molar refractivity (Wildman–Crippen MR) is 131 cm³/mol. The van der Waals surface area contributed by atoms with Gasteiger partial charge in [0, 0.05) is 23.1 Å². The van der Waals surface area contributed by atoms with Crippen LogP contribution in [-0.4, -0.2) is 50.0 Å². The average molecular weight is 560 g/mol. The second kappa shape index (κ2) is 11.7. The summed E-state index contributed by atoms with van der Waals surface area (Å²) in [4.78, 5) is 27.4. The second-order valence-electron chi connectivity index (χ2n) is 8.01. The molecule has 2 aromatic carbocycles. The maximum absolute atomic E-state index is 13.8. The third-order valence-corrected chi connectivity index (χ3v) is 6.97. The van der Waals surface area contributed by atoms with Crippen molar-refractivity contribution >= 4 is 43.5 Å². The van der Waals surface area contributed by atoms with Crippen LogP contribution in [0.2, 0.25) is 0 Å². The van der Waals surface area contributed by atoms with Crippen LogP contribution < -0.4 is 9.62 Å². The minimum Gasteiger partial charge on any atom is -0.352 e. The number of sulfonamides is 1. The highest BCUT2D eigenvalue weighted by Crippen LogP contribution is 2.22. The third-order valence-electron chi connectivity index (χ3n) is 5.30. The van der Waals surface area contributed by atoms with Crippen molar-refractivity contribution in [2.75, 3.05) is 17.1 Å². The van der Waals surface area contributed by atoms with Crippen LogP contribution in [0.4, 0.5) is 14.5 Å². The minimum atomic E-state index is -4.03. The van der Waals surface area contributed by atoms with Gasteiger partial charge in [-0.15, -0.1) is 0 Å². The van der Waals surface area contributed by atoms with Crippen molar-refractivity contribution in [2.45, 2.75) is 45.8 Å². The normalized spacial score (nSPS) is 13.1. The highest BCUT2D eigenvalue weighted by Gasteiger charge is 2.30. The molecule has 0 spiro atoms. The molecule has 34 heavy (non-hydrogen) atoms. The highest BCUT2D eigenvalue weighted by atomic mass is 79.9. The summed E-state index contributed by atoms with van der Waals surface area (Å²) in [6, 6.07) is 8.64. The summed E-state index contributed by atoms with van der Waals surface area (Å²) < 4.78 is 53.5. The molecule has 0 aromatic heterocycles. The Morgan fingerprint density at radius 1 is 1.06 bits per heavy atom. The topological polar surface area (TPSA) is 86.8 Å². The molecule has 2 rings (SSSR count). The van der Waals surface area contributed by atoms with Gasteiger partial charge >= 0.3 is 0 Å². The molecular weight excluding hydrogens is 532 g/mol. The number of anilines is 1. The minimum absolute atomic E-state index is 0.0383. The van der Waals surface area contributed by atoms with Gasteiger partial charge in [-0.05, 0) is 50.1 Å². The smallest absolute Gasteiger partial charge is 0.244 e. The Labute approximate surface area is 207 Å². The van der Waals surface area contributed by atoms with Crippen LogP contribution in [-0.2, 0) is 26.2 Å². The van der Waals surface area contributed by atoms with E-state index in [9.17, 15) is 26.8 Å². The van der Waals surface area contributed by atoms with Gasteiger partial charge in [0.1, 0.15) is 12.6 Å². The first-order valence-corrected chi connectivity index (χ1v) is 13.2. The summed E-state index contributed by atoms with van der Waals surface area (Å²) >= 11 is 3.34. The van der Waals surface area contributed by atoms with Crippen molar-refractivity contribution in [3.63, 3.8) is 0 Å². The van der Waals surface area contributed by atoms with Crippen molar-refractivity contribution in [3.05, 3.63) is 64.1 Å². The van der Waals surface area contributed by atoms with Gasteiger partial charge in [0.25, 0.3) is 0 Å². The molecule has 0 aliphatic heterocycles. The van der Waals surface area contributed by atoms with E-state index in [1.165, 1.54) is 4.90 Å². The molecule has 2 aromatic rings. The highest BCUT2D eigenvalue weighted by molar-refractivity contribution is 9.10. The number of rotatable bonds is 10. The Morgan fingerprint density at radius 2 is 1.68 bits per heavy atom. The van der Waals surface area contributed by atoms with E-state index in [4.69, 9.17) is 0 Å². The van der Waals surface area contributed by atoms with Gasteiger partial charge in [0.15, 0.2) is 11.6 Å². The van der Waals surface area contributed by atoms with Crippen molar-refractivity contribution in [1.29, 1.82) is 0 Å². The van der Waals surface area contributed by atoms with Crippen LogP contribution in [0.1, 0.15) is 32.8 Å². The number of nitrogens with zero attached hydrogens (tertiary/aromatic N) is 2. The predicted octanol–water partition coefficient (Wildman–Crippen LogP) is 3.83. The van der Waals surface area contributed by atoms with E-state index >= 15 is 0 Å². The van der Waals surface area contributed by atoms with Crippen molar-refractivity contribution in [2.24, 2.45) is 0 Å². The van der Waals surface area contributed by atoms with E-state index < -0.39 is 46.1 Å². The van der Waals surface area contributed by atoms with E-state index in [-0.39, 0.29) is 18.3 Å². The number of carbonyl (C=O) groups is 2. The van der Waals surface area contributed by atoms with Crippen LogP contribution in [0, 0.1) is 11.6 Å². The molecule has 2 amide bonds. The van der Waals surface area contributed by atoms with E-state index in [2.05, 4.69) is 21.2 Å². The fourth-order valence-electron chi connectivity index (χ4n) is 3.09. The summed E-state index contributed by atoms with van der Waals surface area (Å²) in [5.41, 5.74) is 0.522. The molecule has 0 fully saturated rings. The molecule has 186 valence electrons. The van der Waals surface area contributed by atoms with E-state index in [0.717, 1.165) is 28.4 Å². The van der Waals surface area contributed by atoms with Gasteiger partial charge in [-0.2, -0.15) is 0 Å². The lowest BCUT2D eigenvalue weighted by molar-refractivity contribution is -0.139. The van der Waals surface area contributed by atoms with Gasteiger partial charge in [0.05, 0.1) is 11.9 Å². The zero-order chi connectivity index (χ0) is 25.6. The molecule has 1 N–H and O–H groups in total. The molecule has 7 nitrogen and oxygen atoms in total. The number of hydrogen-bond donors (Lipinski definition) is 1. The summed E-state index contributed by atoms with van der Waals surface area (Å²) in [5, 5.41) is 2.83. The number of benzene rings is 2. The first-order valence-electron chi connectivity index (χ1n) is 10.6. The van der Waals surface area contributed by atoms with Crippen LogP contribution in [0.15, 0.2) is 46.9 Å². The zero-order valence-electron chi connectivity index (χ0n) is 19.4. The van der Waals surface area contributed by atoms with Gasteiger partial charge in [-0.25, -0.2) is 17.2 Å². The molecular formula is C23H28BrF2N3O4S. The number of halogens is 3. The van der Waals surface area contributed by atoms with E-state index in [1.807, 2.05) is 13.8 Å². The fraction of sp³-hybridized carbons (Fsp3) is 0.391. The fourth-order valence-corrected chi connectivity index (χ4v) is 4.19. The molecule has 2 atom stereocenters. The average Bonchev–Trinajstić information content (AvgIpc) is 2.77. The summed E-state index contributed by atoms with van der Waals surface area (Å²) in [6.07, 6.45) is 1.55. The zero-order valence-corrected chi connectivity index (χ0v) is 21.8. The molecule has 0 saturated carbocycles. The molecule has 0 bridgehead atoms. The molecule has 0 saturated heterocycles. The van der Waals surface area contributed by atoms with Gasteiger partial charge in [-0.3, -0.25) is 13.9 Å². The van der Waals surface area contributed by atoms with Crippen LogP contribution in [0.25, 0.3) is 0 Å². The summed E-state index contributed by atoms with van der Waals surface area (Å²) in [7, 11) is -4.03. The Hall–Kier alpha value is -2.53. The maximum atomic E-state index is 13.8. The van der Waals surface area contributed by atoms with Gasteiger partial charge < -0.3 is 10.2 Å². The first kappa shape index (κ1) is 27.7. The number of carbonyl (C=O) groups excluding carboxylic acids is 2. The maximum Gasteiger partial charge on any atom is 0.244 e. The molecule has 0 aliphatic rings. The Bertz CT molecular complexity index is 1130. The Balaban J connectivity index is 2.39. The Kier molecular flexibility index (Phi) is 9.57. The van der Waals surface area contributed by atoms with Crippen LogP contribution in [0.5, 0.6) is 0 Å². The molecule has 0 unspecified atom stereocenters. The lowest BCUT2D eigenvalue weighted by atomic mass is 10.1. The summed E-state index contributed by atoms with van der Waals surface area (Å²) in [6.45, 7) is 4.64. The lowest BCUT2D eigenvalue weighted by Gasteiger charge is -2.32. The molecule has 0 radical (unpaired) electrons. The van der Waals surface area contributed by atoms with Crippen LogP contribution in [0.3, 0.4) is 0 Å². The van der Waals surface area contributed by atoms with E-state index in [0.29, 0.717) is 16.8 Å². The van der Waals surface area contributed by atoms with Crippen molar-refractivity contribution < 1.29 is 26.8 Å². The standard InChI is InChI=1S/C23H28BrF2N3O4S/c1-5-15(2)27-23(31)16(3)28(13-17-6-8-18(24)9-7-17)22(30)14-29(34(4,32)33)19-10-11-20(25)21(26)12-19/h6-12,15-16H,5,13-14H2,1-4H3,(H,27,31)/t15-,16+/m0/s1. The largest absolute Gasteiger partial charge is 0.352 e. The Morgan fingerprint density at radius 3 is 2.21 bits per heavy atom. The quantitative estimate of drug-likeness (QED) is 0.479. The van der Waals surface area contributed by atoms with Crippen LogP contribution >= 0.6 is 15.9 Å².